The third-order valence-electron chi connectivity index (χ3n) is 3.83. The van der Waals surface area contributed by atoms with Crippen molar-refractivity contribution >= 4 is 5.97 Å². The van der Waals surface area contributed by atoms with Crippen molar-refractivity contribution in [2.24, 2.45) is 5.73 Å². The van der Waals surface area contributed by atoms with Crippen molar-refractivity contribution in [2.45, 2.75) is 64.1 Å². The van der Waals surface area contributed by atoms with E-state index in [1.54, 1.807) is 6.92 Å². The first-order valence-electron chi connectivity index (χ1n) is 6.55. The fraction of sp³-hybridized carbons (Fsp3) is 0.923. The van der Waals surface area contributed by atoms with Crippen LogP contribution in [0.5, 0.6) is 0 Å². The standard InChI is InChI=1S/C13H26N2O2/c1-5-11-7-6-8-15(11)10(2)9-13(3,14)12(16)17-4/h10-11H,5-9,14H2,1-4H3. The molecule has 0 bridgehead atoms. The second-order valence-corrected chi connectivity index (χ2v) is 5.40. The first-order chi connectivity index (χ1) is 7.92. The molecule has 1 rings (SSSR count). The van der Waals surface area contributed by atoms with Crippen molar-refractivity contribution in [1.29, 1.82) is 0 Å². The summed E-state index contributed by atoms with van der Waals surface area (Å²) < 4.78 is 4.75. The van der Waals surface area contributed by atoms with Crippen LogP contribution in [0.1, 0.15) is 46.5 Å². The first kappa shape index (κ1) is 14.5. The van der Waals surface area contributed by atoms with Gasteiger partial charge in [-0.2, -0.15) is 0 Å². The van der Waals surface area contributed by atoms with Crippen LogP contribution in [0.2, 0.25) is 0 Å². The predicted molar refractivity (Wildman–Crippen MR) is 68.7 cm³/mol. The van der Waals surface area contributed by atoms with E-state index in [2.05, 4.69) is 18.7 Å². The van der Waals surface area contributed by atoms with Crippen molar-refractivity contribution < 1.29 is 9.53 Å². The van der Waals surface area contributed by atoms with Gasteiger partial charge in [-0.3, -0.25) is 9.69 Å². The van der Waals surface area contributed by atoms with Gasteiger partial charge in [0, 0.05) is 12.1 Å². The molecule has 0 aromatic heterocycles. The molecule has 0 aromatic carbocycles. The van der Waals surface area contributed by atoms with Crippen LogP contribution in [0.15, 0.2) is 0 Å². The average molecular weight is 242 g/mol. The molecule has 1 saturated heterocycles. The van der Waals surface area contributed by atoms with Crippen LogP contribution in [0.3, 0.4) is 0 Å². The summed E-state index contributed by atoms with van der Waals surface area (Å²) >= 11 is 0. The van der Waals surface area contributed by atoms with Crippen LogP contribution in [0, 0.1) is 0 Å². The minimum Gasteiger partial charge on any atom is -0.468 e. The Morgan fingerprint density at radius 2 is 2.29 bits per heavy atom. The monoisotopic (exact) mass is 242 g/mol. The van der Waals surface area contributed by atoms with E-state index in [0.717, 1.165) is 6.54 Å². The van der Waals surface area contributed by atoms with Gasteiger partial charge in [-0.15, -0.1) is 0 Å². The van der Waals surface area contributed by atoms with Crippen molar-refractivity contribution in [3.05, 3.63) is 0 Å². The molecule has 0 aliphatic carbocycles. The number of carbonyl (C=O) groups is 1. The van der Waals surface area contributed by atoms with Crippen LogP contribution in [-0.2, 0) is 9.53 Å². The van der Waals surface area contributed by atoms with Gasteiger partial charge in [0.2, 0.25) is 0 Å². The SMILES string of the molecule is CCC1CCCN1C(C)CC(C)(N)C(=O)OC. The van der Waals surface area contributed by atoms with Gasteiger partial charge in [0.05, 0.1) is 7.11 Å². The number of esters is 1. The molecular formula is C13H26N2O2. The normalized spacial score (nSPS) is 26.5. The lowest BCUT2D eigenvalue weighted by atomic mass is 9.93. The zero-order chi connectivity index (χ0) is 13.1. The van der Waals surface area contributed by atoms with Crippen molar-refractivity contribution in [3.63, 3.8) is 0 Å². The summed E-state index contributed by atoms with van der Waals surface area (Å²) in [5.41, 5.74) is 5.15. The van der Waals surface area contributed by atoms with Gasteiger partial charge in [0.1, 0.15) is 5.54 Å². The lowest BCUT2D eigenvalue weighted by molar-refractivity contribution is -0.147. The highest BCUT2D eigenvalue weighted by Crippen LogP contribution is 2.26. The molecule has 0 spiro atoms. The number of hydrogen-bond donors (Lipinski definition) is 1. The van der Waals surface area contributed by atoms with Gasteiger partial charge in [-0.05, 0) is 46.1 Å². The molecule has 0 saturated carbocycles. The number of likely N-dealkylation sites (tertiary alicyclic amines) is 1. The van der Waals surface area contributed by atoms with Crippen molar-refractivity contribution in [2.75, 3.05) is 13.7 Å². The smallest absolute Gasteiger partial charge is 0.325 e. The zero-order valence-corrected chi connectivity index (χ0v) is 11.5. The summed E-state index contributed by atoms with van der Waals surface area (Å²) in [6.07, 6.45) is 4.34. The maximum absolute atomic E-state index is 11.6. The summed E-state index contributed by atoms with van der Waals surface area (Å²) in [7, 11) is 1.39. The van der Waals surface area contributed by atoms with Crippen molar-refractivity contribution in [3.8, 4) is 0 Å². The van der Waals surface area contributed by atoms with E-state index in [-0.39, 0.29) is 5.97 Å². The number of nitrogens with two attached hydrogens (primary N) is 1. The highest BCUT2D eigenvalue weighted by Gasteiger charge is 2.35. The number of nitrogens with zero attached hydrogens (tertiary/aromatic N) is 1. The summed E-state index contributed by atoms with van der Waals surface area (Å²) in [6.45, 7) is 7.25. The molecule has 0 aromatic rings. The lowest BCUT2D eigenvalue weighted by Crippen LogP contribution is -2.51. The molecule has 100 valence electrons. The third kappa shape index (κ3) is 3.42. The van der Waals surface area contributed by atoms with Gasteiger partial charge in [0.25, 0.3) is 0 Å². The molecule has 1 heterocycles. The molecule has 0 radical (unpaired) electrons. The number of methoxy groups -OCH3 is 1. The van der Waals surface area contributed by atoms with Gasteiger partial charge >= 0.3 is 5.97 Å². The minimum absolute atomic E-state index is 0.323. The Bertz CT molecular complexity index is 266. The zero-order valence-electron chi connectivity index (χ0n) is 11.5. The van der Waals surface area contributed by atoms with E-state index in [4.69, 9.17) is 10.5 Å². The molecule has 1 aliphatic rings. The van der Waals surface area contributed by atoms with E-state index in [0.29, 0.717) is 18.5 Å². The van der Waals surface area contributed by atoms with Crippen LogP contribution in [0.4, 0.5) is 0 Å². The van der Waals surface area contributed by atoms with E-state index in [1.165, 1.54) is 26.4 Å². The molecule has 4 nitrogen and oxygen atoms in total. The Kier molecular flexibility index (Phi) is 4.95. The molecule has 3 atom stereocenters. The Morgan fingerprint density at radius 3 is 2.82 bits per heavy atom. The van der Waals surface area contributed by atoms with Crippen LogP contribution >= 0.6 is 0 Å². The van der Waals surface area contributed by atoms with Crippen molar-refractivity contribution in [1.82, 2.24) is 4.90 Å². The molecular weight excluding hydrogens is 216 g/mol. The predicted octanol–water partition coefficient (Wildman–Crippen LogP) is 1.53. The van der Waals surface area contributed by atoms with Gasteiger partial charge in [-0.1, -0.05) is 6.92 Å². The molecule has 17 heavy (non-hydrogen) atoms. The Hall–Kier alpha value is -0.610. The molecule has 4 heteroatoms. The number of ether oxygens (including phenoxy) is 1. The summed E-state index contributed by atoms with van der Waals surface area (Å²) in [6, 6.07) is 0.981. The third-order valence-corrected chi connectivity index (χ3v) is 3.83. The maximum atomic E-state index is 11.6. The maximum Gasteiger partial charge on any atom is 0.325 e. The van der Waals surface area contributed by atoms with Gasteiger partial charge in [-0.25, -0.2) is 0 Å². The van der Waals surface area contributed by atoms with Gasteiger partial charge < -0.3 is 10.5 Å². The van der Waals surface area contributed by atoms with Crippen LogP contribution in [0.25, 0.3) is 0 Å². The van der Waals surface area contributed by atoms with Gasteiger partial charge in [0.15, 0.2) is 0 Å². The Labute approximate surface area is 104 Å². The fourth-order valence-electron chi connectivity index (χ4n) is 2.92. The fourth-order valence-corrected chi connectivity index (χ4v) is 2.92. The quantitative estimate of drug-likeness (QED) is 0.743. The molecule has 1 aliphatic heterocycles. The minimum atomic E-state index is -0.880. The number of hydrogen-bond acceptors (Lipinski definition) is 4. The summed E-state index contributed by atoms with van der Waals surface area (Å²) in [5.74, 6) is -0.323. The lowest BCUT2D eigenvalue weighted by Gasteiger charge is -2.34. The number of rotatable bonds is 5. The summed E-state index contributed by atoms with van der Waals surface area (Å²) in [4.78, 5) is 14.0. The highest BCUT2D eigenvalue weighted by atomic mass is 16.5. The van der Waals surface area contributed by atoms with Crippen LogP contribution in [-0.4, -0.2) is 42.1 Å². The average Bonchev–Trinajstić information content (AvgIpc) is 2.75. The molecule has 1 fully saturated rings. The number of carbonyl (C=O) groups excluding carboxylic acids is 1. The van der Waals surface area contributed by atoms with Crippen LogP contribution < -0.4 is 5.73 Å². The largest absolute Gasteiger partial charge is 0.468 e. The topological polar surface area (TPSA) is 55.6 Å². The van der Waals surface area contributed by atoms with E-state index in [9.17, 15) is 4.79 Å². The molecule has 0 amide bonds. The second-order valence-electron chi connectivity index (χ2n) is 5.40. The van der Waals surface area contributed by atoms with E-state index in [1.807, 2.05) is 0 Å². The highest BCUT2D eigenvalue weighted by molar-refractivity contribution is 5.79. The first-order valence-corrected chi connectivity index (χ1v) is 6.55. The molecule has 3 unspecified atom stereocenters. The summed E-state index contributed by atoms with van der Waals surface area (Å²) in [5, 5.41) is 0. The Morgan fingerprint density at radius 1 is 1.65 bits per heavy atom. The van der Waals surface area contributed by atoms with E-state index < -0.39 is 5.54 Å². The molecule has 2 N–H and O–H groups in total. The van der Waals surface area contributed by atoms with E-state index >= 15 is 0 Å². The Balaban J connectivity index is 2.59. The second kappa shape index (κ2) is 5.83.